The summed E-state index contributed by atoms with van der Waals surface area (Å²) >= 11 is 0. The number of rotatable bonds is 5. The Balaban J connectivity index is 1.84. The summed E-state index contributed by atoms with van der Waals surface area (Å²) in [5, 5.41) is 4.15. The third-order valence-corrected chi connectivity index (χ3v) is 4.24. The van der Waals surface area contributed by atoms with Gasteiger partial charge in [0.25, 0.3) is 0 Å². The quantitative estimate of drug-likeness (QED) is 0.451. The van der Waals surface area contributed by atoms with Crippen molar-refractivity contribution in [3.63, 3.8) is 0 Å². The number of hydrogen-bond donors (Lipinski definition) is 0. The van der Waals surface area contributed by atoms with Crippen LogP contribution in [0.5, 0.6) is 0 Å². The summed E-state index contributed by atoms with van der Waals surface area (Å²) < 4.78 is 46.7. The Kier molecular flexibility index (Phi) is 6.29. The molecular weight excluding hydrogens is 409 g/mol. The molecule has 0 aliphatic rings. The first kappa shape index (κ1) is 22.3. The minimum Gasteiger partial charge on any atom is -0.460 e. The van der Waals surface area contributed by atoms with Crippen molar-refractivity contribution in [1.29, 1.82) is 0 Å². The molecule has 0 atom stereocenters. The highest BCUT2D eigenvalue weighted by Crippen LogP contribution is 2.17. The molecule has 0 amide bonds. The second kappa shape index (κ2) is 8.75. The largest absolute Gasteiger partial charge is 0.460 e. The highest BCUT2D eigenvalue weighted by atomic mass is 19.2. The number of ether oxygens (including phenoxy) is 1. The molecule has 0 aliphatic heterocycles. The first-order chi connectivity index (χ1) is 14.5. The first-order valence-electron chi connectivity index (χ1n) is 9.55. The monoisotopic (exact) mass is 430 g/mol. The molecule has 1 heterocycles. The van der Waals surface area contributed by atoms with Crippen molar-refractivity contribution in [2.75, 3.05) is 0 Å². The zero-order chi connectivity index (χ0) is 22.8. The maximum atomic E-state index is 13.5. The van der Waals surface area contributed by atoms with Gasteiger partial charge in [-0.3, -0.25) is 9.59 Å². The van der Waals surface area contributed by atoms with E-state index in [1.165, 1.54) is 12.3 Å². The molecule has 162 valence electrons. The fraction of sp³-hybridized carbons (Fsp3) is 0.261. The summed E-state index contributed by atoms with van der Waals surface area (Å²) in [5.74, 6) is -4.66. The summed E-state index contributed by atoms with van der Waals surface area (Å²) in [7, 11) is 0. The molecule has 8 heteroatoms. The second-order valence-corrected chi connectivity index (χ2v) is 8.05. The molecule has 0 unspecified atom stereocenters. The van der Waals surface area contributed by atoms with E-state index in [4.69, 9.17) is 4.74 Å². The number of halogens is 3. The normalized spacial score (nSPS) is 11.4. The van der Waals surface area contributed by atoms with Crippen molar-refractivity contribution < 1.29 is 22.7 Å². The maximum Gasteiger partial charge on any atom is 0.310 e. The van der Waals surface area contributed by atoms with Gasteiger partial charge in [-0.1, -0.05) is 24.3 Å². The molecule has 0 saturated heterocycles. The Hall–Kier alpha value is -3.42. The topological polar surface area (TPSA) is 61.2 Å². The Morgan fingerprint density at radius 3 is 2.32 bits per heavy atom. The standard InChI is InChI=1S/C23H21F3N2O3/c1-23(2,3)31-21(30)11-15-6-4-5-14(9-15)10-19-20(29)7-8-28(27-19)16-12-17(24)22(26)18(25)13-16/h4-9,12-13H,10-11H2,1-3H3. The molecule has 31 heavy (non-hydrogen) atoms. The molecule has 5 nitrogen and oxygen atoms in total. The maximum absolute atomic E-state index is 13.5. The fourth-order valence-electron chi connectivity index (χ4n) is 2.98. The van der Waals surface area contributed by atoms with Crippen molar-refractivity contribution in [3.05, 3.63) is 93.2 Å². The third kappa shape index (κ3) is 5.81. The van der Waals surface area contributed by atoms with Crippen LogP contribution in [-0.2, 0) is 22.4 Å². The van der Waals surface area contributed by atoms with Crippen molar-refractivity contribution >= 4 is 5.97 Å². The Bertz CT molecular complexity index is 1160. The van der Waals surface area contributed by atoms with Crippen LogP contribution in [-0.4, -0.2) is 21.4 Å². The van der Waals surface area contributed by atoms with Gasteiger partial charge < -0.3 is 4.74 Å². The van der Waals surface area contributed by atoms with Crippen LogP contribution in [0.25, 0.3) is 5.69 Å². The van der Waals surface area contributed by atoms with E-state index in [1.54, 1.807) is 45.0 Å². The lowest BCUT2D eigenvalue weighted by Crippen LogP contribution is -2.24. The van der Waals surface area contributed by atoms with Gasteiger partial charge in [-0.15, -0.1) is 0 Å². The molecule has 0 aliphatic carbocycles. The number of aromatic nitrogens is 2. The van der Waals surface area contributed by atoms with Crippen LogP contribution in [0, 0.1) is 17.5 Å². The fourth-order valence-corrected chi connectivity index (χ4v) is 2.98. The predicted octanol–water partition coefficient (Wildman–Crippen LogP) is 4.12. The molecule has 0 fully saturated rings. The predicted molar refractivity (Wildman–Crippen MR) is 109 cm³/mol. The summed E-state index contributed by atoms with van der Waals surface area (Å²) in [5.41, 5.74) is 0.549. The average molecular weight is 430 g/mol. The molecule has 0 spiro atoms. The lowest BCUT2D eigenvalue weighted by Gasteiger charge is -2.19. The zero-order valence-corrected chi connectivity index (χ0v) is 17.3. The number of nitrogens with zero attached hydrogens (tertiary/aromatic N) is 2. The van der Waals surface area contributed by atoms with Crippen LogP contribution in [0.1, 0.15) is 37.6 Å². The number of carbonyl (C=O) groups is 1. The van der Waals surface area contributed by atoms with Gasteiger partial charge >= 0.3 is 5.97 Å². The van der Waals surface area contributed by atoms with Gasteiger partial charge in [-0.2, -0.15) is 5.10 Å². The van der Waals surface area contributed by atoms with Crippen molar-refractivity contribution in [2.45, 2.75) is 39.2 Å². The van der Waals surface area contributed by atoms with Crippen LogP contribution in [0.15, 0.2) is 53.5 Å². The number of hydrogen-bond acceptors (Lipinski definition) is 4. The number of benzene rings is 2. The molecular formula is C23H21F3N2O3. The van der Waals surface area contributed by atoms with Gasteiger partial charge in [0.2, 0.25) is 5.43 Å². The summed E-state index contributed by atoms with van der Waals surface area (Å²) in [6, 6.07) is 9.86. The van der Waals surface area contributed by atoms with Crippen LogP contribution >= 0.6 is 0 Å². The molecule has 0 radical (unpaired) electrons. The Labute approximate surface area is 177 Å². The minimum absolute atomic E-state index is 0.0590. The first-order valence-corrected chi connectivity index (χ1v) is 9.55. The zero-order valence-electron chi connectivity index (χ0n) is 17.3. The van der Waals surface area contributed by atoms with E-state index in [0.717, 1.165) is 22.4 Å². The van der Waals surface area contributed by atoms with E-state index < -0.39 is 23.1 Å². The van der Waals surface area contributed by atoms with Crippen molar-refractivity contribution in [3.8, 4) is 5.69 Å². The highest BCUT2D eigenvalue weighted by Gasteiger charge is 2.17. The average Bonchev–Trinajstić information content (AvgIpc) is 2.66. The van der Waals surface area contributed by atoms with Crippen molar-refractivity contribution in [1.82, 2.24) is 9.78 Å². The van der Waals surface area contributed by atoms with Gasteiger partial charge in [0.05, 0.1) is 12.1 Å². The van der Waals surface area contributed by atoms with E-state index in [-0.39, 0.29) is 35.6 Å². The van der Waals surface area contributed by atoms with Gasteiger partial charge in [-0.05, 0) is 31.9 Å². The van der Waals surface area contributed by atoms with Gasteiger partial charge in [0, 0.05) is 30.8 Å². The van der Waals surface area contributed by atoms with Crippen LogP contribution in [0.2, 0.25) is 0 Å². The van der Waals surface area contributed by atoms with Crippen LogP contribution < -0.4 is 5.43 Å². The van der Waals surface area contributed by atoms with E-state index in [2.05, 4.69) is 5.10 Å². The van der Waals surface area contributed by atoms with E-state index in [9.17, 15) is 22.8 Å². The Morgan fingerprint density at radius 1 is 1.03 bits per heavy atom. The van der Waals surface area contributed by atoms with E-state index in [0.29, 0.717) is 5.56 Å². The molecule has 1 aromatic heterocycles. The van der Waals surface area contributed by atoms with E-state index in [1.807, 2.05) is 0 Å². The number of carbonyl (C=O) groups excluding carboxylic acids is 1. The lowest BCUT2D eigenvalue weighted by molar-refractivity contribution is -0.153. The molecule has 0 N–H and O–H groups in total. The third-order valence-electron chi connectivity index (χ3n) is 4.24. The number of esters is 1. The summed E-state index contributed by atoms with van der Waals surface area (Å²) in [6.45, 7) is 5.35. The molecule has 3 aromatic rings. The van der Waals surface area contributed by atoms with Crippen LogP contribution in [0.4, 0.5) is 13.2 Å². The molecule has 3 rings (SSSR count). The smallest absolute Gasteiger partial charge is 0.310 e. The molecule has 0 saturated carbocycles. The SMILES string of the molecule is CC(C)(C)OC(=O)Cc1cccc(Cc2nn(-c3cc(F)c(F)c(F)c3)ccc2=O)c1. The van der Waals surface area contributed by atoms with Crippen LogP contribution in [0.3, 0.4) is 0 Å². The van der Waals surface area contributed by atoms with Crippen molar-refractivity contribution in [2.24, 2.45) is 0 Å². The van der Waals surface area contributed by atoms with E-state index >= 15 is 0 Å². The summed E-state index contributed by atoms with van der Waals surface area (Å²) in [4.78, 5) is 24.3. The highest BCUT2D eigenvalue weighted by molar-refractivity contribution is 5.73. The second-order valence-electron chi connectivity index (χ2n) is 8.05. The Morgan fingerprint density at radius 2 is 1.68 bits per heavy atom. The minimum atomic E-state index is -1.58. The molecule has 2 aromatic carbocycles. The van der Waals surface area contributed by atoms with Gasteiger partial charge in [0.1, 0.15) is 11.3 Å². The lowest BCUT2D eigenvalue weighted by atomic mass is 10.0. The van der Waals surface area contributed by atoms with Gasteiger partial charge in [-0.25, -0.2) is 17.9 Å². The van der Waals surface area contributed by atoms with Gasteiger partial charge in [0.15, 0.2) is 17.5 Å². The summed E-state index contributed by atoms with van der Waals surface area (Å²) in [6.07, 6.45) is 1.45. The molecule has 0 bridgehead atoms.